The van der Waals surface area contributed by atoms with Crippen molar-refractivity contribution < 1.29 is 14.3 Å². The normalized spacial score (nSPS) is 16.2. The Morgan fingerprint density at radius 1 is 1.18 bits per heavy atom. The second kappa shape index (κ2) is 10.7. The van der Waals surface area contributed by atoms with E-state index in [0.717, 1.165) is 18.4 Å². The van der Waals surface area contributed by atoms with Gasteiger partial charge in [0.2, 0.25) is 5.91 Å². The van der Waals surface area contributed by atoms with Crippen molar-refractivity contribution >= 4 is 46.1 Å². The zero-order valence-electron chi connectivity index (χ0n) is 18.7. The molecule has 2 amide bonds. The van der Waals surface area contributed by atoms with Gasteiger partial charge in [0, 0.05) is 22.5 Å². The first-order valence-corrected chi connectivity index (χ1v) is 13.2. The van der Waals surface area contributed by atoms with Gasteiger partial charge in [-0.05, 0) is 72.5 Å². The van der Waals surface area contributed by atoms with Crippen molar-refractivity contribution in [3.8, 4) is 5.75 Å². The maximum absolute atomic E-state index is 13.6. The Labute approximate surface area is 207 Å². The van der Waals surface area contributed by atoms with Crippen molar-refractivity contribution in [1.29, 1.82) is 0 Å². The van der Waals surface area contributed by atoms with Crippen LogP contribution in [0.4, 0.5) is 0 Å². The third-order valence-corrected chi connectivity index (χ3v) is 8.16. The Bertz CT molecular complexity index is 1080. The molecule has 33 heavy (non-hydrogen) atoms. The molecule has 2 aromatic heterocycles. The minimum atomic E-state index is -0.196. The lowest BCUT2D eigenvalue weighted by Crippen LogP contribution is -2.49. The van der Waals surface area contributed by atoms with E-state index in [1.807, 2.05) is 48.4 Å². The van der Waals surface area contributed by atoms with Crippen LogP contribution >= 0.6 is 34.3 Å². The van der Waals surface area contributed by atoms with E-state index in [4.69, 9.17) is 16.3 Å². The number of benzene rings is 1. The van der Waals surface area contributed by atoms with Gasteiger partial charge in [0.05, 0.1) is 10.9 Å². The first-order valence-electron chi connectivity index (χ1n) is 11.1. The predicted octanol–water partition coefficient (Wildman–Crippen LogP) is 5.91. The van der Waals surface area contributed by atoms with Crippen molar-refractivity contribution in [3.05, 3.63) is 73.6 Å². The standard InChI is InChI=1S/C25H27ClN2O3S2/c1-3-17(2)28(25(30)23-5-4-13-32-23)15-24(29)27-12-10-22-20(11-14-33-22)21(27)16-31-19-8-6-18(26)7-9-19/h4-9,11,13-14,17,21H,3,10,12,15-16H2,1-2H3/t17-,21+/m0/s1. The van der Waals surface area contributed by atoms with E-state index in [1.165, 1.54) is 16.2 Å². The van der Waals surface area contributed by atoms with Gasteiger partial charge < -0.3 is 14.5 Å². The van der Waals surface area contributed by atoms with E-state index in [-0.39, 0.29) is 30.4 Å². The Morgan fingerprint density at radius 3 is 2.67 bits per heavy atom. The zero-order chi connectivity index (χ0) is 23.4. The molecule has 0 unspecified atom stereocenters. The van der Waals surface area contributed by atoms with Crippen LogP contribution in [-0.4, -0.2) is 47.4 Å². The van der Waals surface area contributed by atoms with Crippen molar-refractivity contribution in [2.24, 2.45) is 0 Å². The highest BCUT2D eigenvalue weighted by Crippen LogP contribution is 2.34. The highest BCUT2D eigenvalue weighted by atomic mass is 35.5. The molecule has 3 heterocycles. The summed E-state index contributed by atoms with van der Waals surface area (Å²) in [4.78, 5) is 32.2. The SMILES string of the molecule is CC[C@H](C)N(CC(=O)N1CCc2sccc2[C@H]1COc1ccc(Cl)cc1)C(=O)c1cccs1. The summed E-state index contributed by atoms with van der Waals surface area (Å²) in [5, 5.41) is 4.61. The van der Waals surface area contributed by atoms with Crippen LogP contribution in [0.5, 0.6) is 5.75 Å². The summed E-state index contributed by atoms with van der Waals surface area (Å²) in [6, 6.07) is 12.8. The second-order valence-corrected chi connectivity index (χ2v) is 10.5. The van der Waals surface area contributed by atoms with E-state index >= 15 is 0 Å². The summed E-state index contributed by atoms with van der Waals surface area (Å²) < 4.78 is 6.06. The molecule has 2 atom stereocenters. The van der Waals surface area contributed by atoms with Gasteiger partial charge in [-0.1, -0.05) is 24.6 Å². The Morgan fingerprint density at radius 2 is 1.97 bits per heavy atom. The quantitative estimate of drug-likeness (QED) is 0.385. The predicted molar refractivity (Wildman–Crippen MR) is 135 cm³/mol. The first kappa shape index (κ1) is 23.8. The largest absolute Gasteiger partial charge is 0.491 e. The first-order chi connectivity index (χ1) is 16.0. The van der Waals surface area contributed by atoms with E-state index < -0.39 is 0 Å². The molecule has 0 N–H and O–H groups in total. The topological polar surface area (TPSA) is 49.9 Å². The molecule has 1 aliphatic heterocycles. The summed E-state index contributed by atoms with van der Waals surface area (Å²) in [7, 11) is 0. The number of nitrogens with zero attached hydrogens (tertiary/aromatic N) is 2. The molecule has 0 fully saturated rings. The maximum atomic E-state index is 13.6. The maximum Gasteiger partial charge on any atom is 0.264 e. The molecule has 0 aliphatic carbocycles. The summed E-state index contributed by atoms with van der Waals surface area (Å²) in [6.45, 7) is 5.04. The Balaban J connectivity index is 1.53. The van der Waals surface area contributed by atoms with Gasteiger partial charge in [-0.3, -0.25) is 9.59 Å². The fraction of sp³-hybridized carbons (Fsp3) is 0.360. The number of carbonyl (C=O) groups excluding carboxylic acids is 2. The summed E-state index contributed by atoms with van der Waals surface area (Å²) in [5.74, 6) is 0.569. The smallest absolute Gasteiger partial charge is 0.264 e. The molecular weight excluding hydrogens is 476 g/mol. The highest BCUT2D eigenvalue weighted by molar-refractivity contribution is 7.12. The molecule has 4 rings (SSSR count). The number of carbonyl (C=O) groups is 2. The third kappa shape index (κ3) is 5.42. The molecule has 0 radical (unpaired) electrons. The molecular formula is C25H27ClN2O3S2. The number of ether oxygens (including phenoxy) is 1. The Hall–Kier alpha value is -2.35. The van der Waals surface area contributed by atoms with Gasteiger partial charge in [-0.25, -0.2) is 0 Å². The van der Waals surface area contributed by atoms with Gasteiger partial charge >= 0.3 is 0 Å². The number of hydrogen-bond acceptors (Lipinski definition) is 5. The lowest BCUT2D eigenvalue weighted by atomic mass is 10.00. The van der Waals surface area contributed by atoms with E-state index in [9.17, 15) is 9.59 Å². The van der Waals surface area contributed by atoms with Gasteiger partial charge in [0.1, 0.15) is 18.9 Å². The van der Waals surface area contributed by atoms with Crippen LogP contribution in [0.1, 0.15) is 46.4 Å². The molecule has 0 spiro atoms. The van der Waals surface area contributed by atoms with E-state index in [0.29, 0.717) is 28.8 Å². The third-order valence-electron chi connectivity index (χ3n) is 6.06. The van der Waals surface area contributed by atoms with Crippen LogP contribution in [-0.2, 0) is 11.2 Å². The van der Waals surface area contributed by atoms with Crippen molar-refractivity contribution in [1.82, 2.24) is 9.80 Å². The molecule has 8 heteroatoms. The molecule has 0 saturated heterocycles. The fourth-order valence-electron chi connectivity index (χ4n) is 4.01. The van der Waals surface area contributed by atoms with E-state index in [2.05, 4.69) is 11.4 Å². The molecule has 0 saturated carbocycles. The summed E-state index contributed by atoms with van der Waals surface area (Å²) >= 11 is 9.11. The van der Waals surface area contributed by atoms with Crippen LogP contribution in [0, 0.1) is 0 Å². The Kier molecular flexibility index (Phi) is 7.73. The van der Waals surface area contributed by atoms with Crippen molar-refractivity contribution in [2.45, 2.75) is 38.8 Å². The number of thiophene rings is 2. The second-order valence-electron chi connectivity index (χ2n) is 8.08. The molecule has 3 aromatic rings. The number of halogens is 1. The number of fused-ring (bicyclic) bond motifs is 1. The number of hydrogen-bond donors (Lipinski definition) is 0. The molecule has 1 aromatic carbocycles. The van der Waals surface area contributed by atoms with Gasteiger partial charge in [0.25, 0.3) is 5.91 Å². The molecule has 5 nitrogen and oxygen atoms in total. The molecule has 174 valence electrons. The summed E-state index contributed by atoms with van der Waals surface area (Å²) in [6.07, 6.45) is 1.60. The average Bonchev–Trinajstić information content (AvgIpc) is 3.53. The minimum Gasteiger partial charge on any atom is -0.491 e. The highest BCUT2D eigenvalue weighted by Gasteiger charge is 2.34. The number of amides is 2. The van der Waals surface area contributed by atoms with E-state index in [1.54, 1.807) is 28.4 Å². The van der Waals surface area contributed by atoms with Gasteiger partial charge in [-0.2, -0.15) is 0 Å². The van der Waals surface area contributed by atoms with Crippen LogP contribution < -0.4 is 4.74 Å². The lowest BCUT2D eigenvalue weighted by Gasteiger charge is -2.38. The average molecular weight is 503 g/mol. The molecule has 0 bridgehead atoms. The number of rotatable bonds is 8. The van der Waals surface area contributed by atoms with Crippen LogP contribution in [0.25, 0.3) is 0 Å². The van der Waals surface area contributed by atoms with Crippen LogP contribution in [0.15, 0.2) is 53.2 Å². The fourth-order valence-corrected chi connectivity index (χ4v) is 5.74. The van der Waals surface area contributed by atoms with Gasteiger partial charge in [-0.15, -0.1) is 22.7 Å². The van der Waals surface area contributed by atoms with Crippen LogP contribution in [0.2, 0.25) is 5.02 Å². The van der Waals surface area contributed by atoms with Crippen molar-refractivity contribution in [3.63, 3.8) is 0 Å². The summed E-state index contributed by atoms with van der Waals surface area (Å²) in [5.41, 5.74) is 1.13. The minimum absolute atomic E-state index is 0.0335. The molecule has 1 aliphatic rings. The zero-order valence-corrected chi connectivity index (χ0v) is 21.1. The van der Waals surface area contributed by atoms with Crippen LogP contribution in [0.3, 0.4) is 0 Å². The lowest BCUT2D eigenvalue weighted by molar-refractivity contribution is -0.136. The monoisotopic (exact) mass is 502 g/mol. The van der Waals surface area contributed by atoms with Gasteiger partial charge in [0.15, 0.2) is 0 Å². The van der Waals surface area contributed by atoms with Crippen molar-refractivity contribution in [2.75, 3.05) is 19.7 Å².